The zero-order chi connectivity index (χ0) is 24.0. The lowest BCUT2D eigenvalue weighted by Gasteiger charge is -2.19. The van der Waals surface area contributed by atoms with Crippen molar-refractivity contribution in [2.45, 2.75) is 33.2 Å². The van der Waals surface area contributed by atoms with E-state index in [0.29, 0.717) is 28.1 Å². The topological polar surface area (TPSA) is 90.1 Å². The summed E-state index contributed by atoms with van der Waals surface area (Å²) < 4.78 is 13.8. The second-order valence-corrected chi connectivity index (χ2v) is 8.93. The molecule has 2 aromatic heterocycles. The molecule has 0 unspecified atom stereocenters. The fourth-order valence-corrected chi connectivity index (χ4v) is 4.72. The van der Waals surface area contributed by atoms with Crippen LogP contribution in [0.4, 0.5) is 15.8 Å². The third-order valence-corrected chi connectivity index (χ3v) is 6.54. The van der Waals surface area contributed by atoms with Crippen molar-refractivity contribution in [2.24, 2.45) is 0 Å². The normalized spacial score (nSPS) is 18.4. The molecular weight excluding hydrogens is 433 g/mol. The molecule has 5 rings (SSSR count). The minimum absolute atomic E-state index is 0.0276. The molecule has 0 radical (unpaired) electrons. The number of halogens is 1. The van der Waals surface area contributed by atoms with Gasteiger partial charge in [-0.05, 0) is 69.2 Å². The summed E-state index contributed by atoms with van der Waals surface area (Å²) in [6, 6.07) is 8.27. The second-order valence-electron chi connectivity index (χ2n) is 8.93. The van der Waals surface area contributed by atoms with Crippen LogP contribution in [0, 0.1) is 26.6 Å². The standard InChI is InChI=1S/C26H26FN5O2/c1-14-4-6-19(12-28-14)32-9-8-18(13-32)30-26(34)24-15(2)23(29-16(24)3)11-21-20-10-17(27)5-7-22(20)31-25(21)33/h4-7,10-12,18,29H,8-9,13H2,1-3H3,(H,30,34)(H,31,33)/b21-11-/t18-/m0/s1. The second kappa shape index (κ2) is 8.44. The maximum Gasteiger partial charge on any atom is 0.256 e. The lowest BCUT2D eigenvalue weighted by atomic mass is 10.0. The molecule has 0 bridgehead atoms. The number of rotatable bonds is 4. The molecule has 4 heterocycles. The Morgan fingerprint density at radius 3 is 2.82 bits per heavy atom. The number of anilines is 2. The summed E-state index contributed by atoms with van der Waals surface area (Å²) in [5.41, 5.74) is 6.17. The van der Waals surface area contributed by atoms with Crippen molar-refractivity contribution in [2.75, 3.05) is 23.3 Å². The fourth-order valence-electron chi connectivity index (χ4n) is 4.72. The average molecular weight is 460 g/mol. The van der Waals surface area contributed by atoms with E-state index in [1.165, 1.54) is 12.1 Å². The van der Waals surface area contributed by atoms with Gasteiger partial charge in [-0.25, -0.2) is 4.39 Å². The van der Waals surface area contributed by atoms with Crippen molar-refractivity contribution >= 4 is 34.8 Å². The summed E-state index contributed by atoms with van der Waals surface area (Å²) >= 11 is 0. The predicted octanol–water partition coefficient (Wildman–Crippen LogP) is 3.98. The van der Waals surface area contributed by atoms with Crippen molar-refractivity contribution in [3.63, 3.8) is 0 Å². The Morgan fingerprint density at radius 1 is 1.24 bits per heavy atom. The smallest absolute Gasteiger partial charge is 0.256 e. The van der Waals surface area contributed by atoms with Crippen molar-refractivity contribution in [3.8, 4) is 0 Å². The SMILES string of the molecule is Cc1ccc(N2CC[C@H](NC(=O)c3c(C)[nH]c(/C=C4\C(=O)Nc5ccc(F)cc54)c3C)C2)cn1. The van der Waals surface area contributed by atoms with E-state index in [0.717, 1.165) is 42.1 Å². The maximum absolute atomic E-state index is 13.8. The summed E-state index contributed by atoms with van der Waals surface area (Å²) in [5, 5.41) is 5.91. The summed E-state index contributed by atoms with van der Waals surface area (Å²) in [4.78, 5) is 35.5. The predicted molar refractivity (Wildman–Crippen MR) is 130 cm³/mol. The first-order valence-corrected chi connectivity index (χ1v) is 11.3. The van der Waals surface area contributed by atoms with Crippen LogP contribution in [0.5, 0.6) is 0 Å². The molecule has 0 aliphatic carbocycles. The van der Waals surface area contributed by atoms with Gasteiger partial charge in [0.05, 0.1) is 23.0 Å². The molecule has 2 aliphatic rings. The van der Waals surface area contributed by atoms with Crippen LogP contribution >= 0.6 is 0 Å². The Hall–Kier alpha value is -3.94. The van der Waals surface area contributed by atoms with Crippen LogP contribution in [-0.4, -0.2) is 40.9 Å². The minimum Gasteiger partial charge on any atom is -0.368 e. The maximum atomic E-state index is 13.8. The lowest BCUT2D eigenvalue weighted by molar-refractivity contribution is -0.110. The van der Waals surface area contributed by atoms with Gasteiger partial charge in [0.15, 0.2) is 0 Å². The molecule has 1 aromatic carbocycles. The third kappa shape index (κ3) is 3.96. The number of nitrogens with zero attached hydrogens (tertiary/aromatic N) is 2. The third-order valence-electron chi connectivity index (χ3n) is 6.54. The number of hydrogen-bond donors (Lipinski definition) is 3. The van der Waals surface area contributed by atoms with Crippen molar-refractivity contribution in [1.82, 2.24) is 15.3 Å². The number of nitrogens with one attached hydrogen (secondary N) is 3. The molecule has 1 atom stereocenters. The van der Waals surface area contributed by atoms with Crippen molar-refractivity contribution in [3.05, 3.63) is 76.1 Å². The molecule has 2 aliphatic heterocycles. The number of amides is 2. The van der Waals surface area contributed by atoms with E-state index in [-0.39, 0.29) is 17.9 Å². The number of aromatic nitrogens is 2. The Kier molecular flexibility index (Phi) is 5.43. The van der Waals surface area contributed by atoms with Gasteiger partial charge in [0.1, 0.15) is 5.82 Å². The molecule has 0 saturated carbocycles. The van der Waals surface area contributed by atoms with Crippen LogP contribution in [0.2, 0.25) is 0 Å². The molecule has 1 saturated heterocycles. The number of fused-ring (bicyclic) bond motifs is 1. The van der Waals surface area contributed by atoms with Gasteiger partial charge in [-0.3, -0.25) is 14.6 Å². The largest absolute Gasteiger partial charge is 0.368 e. The van der Waals surface area contributed by atoms with E-state index in [4.69, 9.17) is 0 Å². The van der Waals surface area contributed by atoms with Gasteiger partial charge in [-0.15, -0.1) is 0 Å². The van der Waals surface area contributed by atoms with Gasteiger partial charge in [0.2, 0.25) is 0 Å². The molecule has 174 valence electrons. The number of pyridine rings is 1. The Morgan fingerprint density at radius 2 is 2.06 bits per heavy atom. The van der Waals surface area contributed by atoms with E-state index in [1.807, 2.05) is 33.0 Å². The lowest BCUT2D eigenvalue weighted by Crippen LogP contribution is -2.37. The van der Waals surface area contributed by atoms with Crippen LogP contribution < -0.4 is 15.5 Å². The van der Waals surface area contributed by atoms with Gasteiger partial charge >= 0.3 is 0 Å². The Balaban J connectivity index is 1.34. The molecule has 3 aromatic rings. The van der Waals surface area contributed by atoms with Crippen LogP contribution in [0.1, 0.15) is 45.0 Å². The highest BCUT2D eigenvalue weighted by molar-refractivity contribution is 6.34. The van der Waals surface area contributed by atoms with E-state index in [2.05, 4.69) is 31.6 Å². The van der Waals surface area contributed by atoms with E-state index >= 15 is 0 Å². The molecule has 8 heteroatoms. The summed E-state index contributed by atoms with van der Waals surface area (Å²) in [6.07, 6.45) is 4.39. The number of aromatic amines is 1. The highest BCUT2D eigenvalue weighted by Gasteiger charge is 2.28. The van der Waals surface area contributed by atoms with Gasteiger partial charge in [-0.2, -0.15) is 0 Å². The van der Waals surface area contributed by atoms with Crippen molar-refractivity contribution in [1.29, 1.82) is 0 Å². The van der Waals surface area contributed by atoms with E-state index in [1.54, 1.807) is 12.1 Å². The number of hydrogen-bond acceptors (Lipinski definition) is 4. The Bertz CT molecular complexity index is 1330. The quantitative estimate of drug-likeness (QED) is 0.515. The van der Waals surface area contributed by atoms with Gasteiger partial charge in [-0.1, -0.05) is 0 Å². The molecule has 1 fully saturated rings. The fraction of sp³-hybridized carbons (Fsp3) is 0.269. The molecule has 2 amide bonds. The molecular formula is C26H26FN5O2. The summed E-state index contributed by atoms with van der Waals surface area (Å²) in [5.74, 6) is -0.852. The zero-order valence-electron chi connectivity index (χ0n) is 19.3. The highest BCUT2D eigenvalue weighted by atomic mass is 19.1. The molecule has 7 nitrogen and oxygen atoms in total. The number of carbonyl (C=O) groups excluding carboxylic acids is 2. The molecule has 0 spiro atoms. The van der Waals surface area contributed by atoms with Crippen LogP contribution in [0.15, 0.2) is 36.5 Å². The van der Waals surface area contributed by atoms with Crippen LogP contribution in [0.25, 0.3) is 11.6 Å². The monoisotopic (exact) mass is 459 g/mol. The molecule has 3 N–H and O–H groups in total. The Labute approximate surface area is 197 Å². The van der Waals surface area contributed by atoms with Crippen LogP contribution in [-0.2, 0) is 4.79 Å². The van der Waals surface area contributed by atoms with Gasteiger partial charge < -0.3 is 20.5 Å². The molecule has 34 heavy (non-hydrogen) atoms. The van der Waals surface area contributed by atoms with Crippen LogP contribution in [0.3, 0.4) is 0 Å². The van der Waals surface area contributed by atoms with Gasteiger partial charge in [0, 0.05) is 47.5 Å². The number of carbonyl (C=O) groups is 2. The van der Waals surface area contributed by atoms with E-state index < -0.39 is 5.82 Å². The summed E-state index contributed by atoms with van der Waals surface area (Å²) in [6.45, 7) is 7.22. The number of benzene rings is 1. The van der Waals surface area contributed by atoms with E-state index in [9.17, 15) is 14.0 Å². The highest BCUT2D eigenvalue weighted by Crippen LogP contribution is 2.34. The van der Waals surface area contributed by atoms with Gasteiger partial charge in [0.25, 0.3) is 11.8 Å². The first-order valence-electron chi connectivity index (χ1n) is 11.3. The summed E-state index contributed by atoms with van der Waals surface area (Å²) in [7, 11) is 0. The first kappa shape index (κ1) is 21.9. The first-order chi connectivity index (χ1) is 16.3. The number of aryl methyl sites for hydroxylation is 2. The number of H-pyrrole nitrogens is 1. The average Bonchev–Trinajstić information content (AvgIpc) is 3.46. The minimum atomic E-state index is -0.410. The zero-order valence-corrected chi connectivity index (χ0v) is 19.3. The van der Waals surface area contributed by atoms with Crippen molar-refractivity contribution < 1.29 is 14.0 Å².